The van der Waals surface area contributed by atoms with E-state index in [2.05, 4.69) is 26.5 Å². The van der Waals surface area contributed by atoms with Crippen molar-refractivity contribution >= 4 is 35.7 Å². The number of hydrazone groups is 1. The highest BCUT2D eigenvalue weighted by atomic mass is 16.5. The quantitative estimate of drug-likeness (QED) is 0.212. The van der Waals surface area contributed by atoms with Gasteiger partial charge in [-0.25, -0.2) is 15.0 Å². The summed E-state index contributed by atoms with van der Waals surface area (Å²) in [5, 5.41) is 11.9. The van der Waals surface area contributed by atoms with E-state index in [9.17, 15) is 19.2 Å². The average Bonchev–Trinajstić information content (AvgIpc) is 2.87. The van der Waals surface area contributed by atoms with Gasteiger partial charge in [0, 0.05) is 18.3 Å². The fourth-order valence-corrected chi connectivity index (χ4v) is 3.62. The Hall–Kier alpha value is -4.87. The molecule has 2 aromatic carbocycles. The Morgan fingerprint density at radius 2 is 1.84 bits per heavy atom. The second-order valence-electron chi connectivity index (χ2n) is 8.09. The number of carbonyl (C=O) groups is 4. The van der Waals surface area contributed by atoms with Gasteiger partial charge in [0.1, 0.15) is 0 Å². The van der Waals surface area contributed by atoms with Crippen LogP contribution in [0.5, 0.6) is 11.5 Å². The van der Waals surface area contributed by atoms with Gasteiger partial charge in [-0.15, -0.1) is 0 Å². The van der Waals surface area contributed by atoms with Crippen LogP contribution in [0.2, 0.25) is 0 Å². The molecule has 4 amide bonds. The van der Waals surface area contributed by atoms with Crippen LogP contribution in [0.15, 0.2) is 58.8 Å². The van der Waals surface area contributed by atoms with Gasteiger partial charge in [-0.3, -0.25) is 9.59 Å². The number of anilines is 1. The van der Waals surface area contributed by atoms with Gasteiger partial charge in [-0.05, 0) is 49.2 Å². The molecular weight excluding hydrogens is 494 g/mol. The van der Waals surface area contributed by atoms with E-state index in [1.165, 1.54) is 20.2 Å². The minimum atomic E-state index is -0.768. The van der Waals surface area contributed by atoms with Crippen LogP contribution >= 0.6 is 0 Å². The third-order valence-corrected chi connectivity index (χ3v) is 5.28. The third-order valence-electron chi connectivity index (χ3n) is 5.28. The first-order valence-corrected chi connectivity index (χ1v) is 11.7. The molecule has 0 unspecified atom stereocenters. The fourth-order valence-electron chi connectivity index (χ4n) is 3.62. The second-order valence-corrected chi connectivity index (χ2v) is 8.09. The Kier molecular flexibility index (Phi) is 9.41. The lowest BCUT2D eigenvalue weighted by Gasteiger charge is -2.28. The molecule has 1 atom stereocenters. The summed E-state index contributed by atoms with van der Waals surface area (Å²) in [5.41, 5.74) is 4.95. The number of urea groups is 1. The molecule has 0 fully saturated rings. The van der Waals surface area contributed by atoms with Gasteiger partial charge in [0.25, 0.3) is 5.91 Å². The van der Waals surface area contributed by atoms with Crippen molar-refractivity contribution < 1.29 is 33.4 Å². The summed E-state index contributed by atoms with van der Waals surface area (Å²) in [7, 11) is 1.43. The van der Waals surface area contributed by atoms with Crippen molar-refractivity contribution in [1.82, 2.24) is 16.1 Å². The van der Waals surface area contributed by atoms with Crippen LogP contribution in [0.4, 0.5) is 10.5 Å². The monoisotopic (exact) mass is 523 g/mol. The maximum Gasteiger partial charge on any atom is 0.338 e. The number of ether oxygens (including phenoxy) is 3. The number of carbonyl (C=O) groups excluding carboxylic acids is 4. The Balaban J connectivity index is 1.64. The van der Waals surface area contributed by atoms with Crippen LogP contribution in [0, 0.1) is 0 Å². The van der Waals surface area contributed by atoms with E-state index in [0.717, 1.165) is 0 Å². The van der Waals surface area contributed by atoms with Crippen LogP contribution in [0.25, 0.3) is 0 Å². The fraction of sp³-hybridized carbons (Fsp3) is 0.269. The summed E-state index contributed by atoms with van der Waals surface area (Å²) < 4.78 is 16.1. The molecule has 1 aliphatic heterocycles. The smallest absolute Gasteiger partial charge is 0.338 e. The zero-order valence-corrected chi connectivity index (χ0v) is 21.4. The average molecular weight is 524 g/mol. The number of rotatable bonds is 10. The first-order valence-electron chi connectivity index (χ1n) is 11.7. The van der Waals surface area contributed by atoms with Crippen LogP contribution in [-0.4, -0.2) is 50.4 Å². The molecule has 0 radical (unpaired) electrons. The topological polar surface area (TPSA) is 156 Å². The van der Waals surface area contributed by atoms with Crippen molar-refractivity contribution in [2.45, 2.75) is 26.8 Å². The van der Waals surface area contributed by atoms with Gasteiger partial charge >= 0.3 is 12.0 Å². The van der Waals surface area contributed by atoms with E-state index < -0.39 is 23.9 Å². The highest BCUT2D eigenvalue weighted by Crippen LogP contribution is 2.34. The van der Waals surface area contributed by atoms with E-state index in [0.29, 0.717) is 28.3 Å². The number of amides is 4. The molecule has 200 valence electrons. The highest BCUT2D eigenvalue weighted by Gasteiger charge is 2.32. The van der Waals surface area contributed by atoms with Crippen LogP contribution in [0.3, 0.4) is 0 Å². The summed E-state index contributed by atoms with van der Waals surface area (Å²) in [5.74, 6) is -0.649. The minimum absolute atomic E-state index is 0.170. The summed E-state index contributed by atoms with van der Waals surface area (Å²) >= 11 is 0. The number of methoxy groups -OCH3 is 1. The number of nitrogens with one attached hydrogen (secondary N) is 4. The van der Waals surface area contributed by atoms with Gasteiger partial charge in [0.05, 0.1) is 31.5 Å². The first-order chi connectivity index (χ1) is 18.2. The van der Waals surface area contributed by atoms with Crippen molar-refractivity contribution in [3.8, 4) is 11.5 Å². The van der Waals surface area contributed by atoms with Crippen LogP contribution in [-0.2, 0) is 19.1 Å². The van der Waals surface area contributed by atoms with Crippen molar-refractivity contribution in [2.24, 2.45) is 5.10 Å². The maximum atomic E-state index is 12.5. The van der Waals surface area contributed by atoms with Crippen molar-refractivity contribution in [2.75, 3.05) is 25.6 Å². The Bertz CT molecular complexity index is 1270. The van der Waals surface area contributed by atoms with E-state index in [1.54, 1.807) is 56.3 Å². The second kappa shape index (κ2) is 12.9. The van der Waals surface area contributed by atoms with Crippen molar-refractivity contribution in [1.29, 1.82) is 0 Å². The zero-order chi connectivity index (χ0) is 27.7. The Morgan fingerprint density at radius 1 is 1.11 bits per heavy atom. The number of esters is 1. The van der Waals surface area contributed by atoms with E-state index in [-0.39, 0.29) is 30.4 Å². The largest absolute Gasteiger partial charge is 0.493 e. The zero-order valence-electron chi connectivity index (χ0n) is 21.4. The molecule has 4 N–H and O–H groups in total. The number of hydrogen-bond acceptors (Lipinski definition) is 8. The molecule has 2 aromatic rings. The Morgan fingerprint density at radius 3 is 2.50 bits per heavy atom. The third kappa shape index (κ3) is 7.32. The molecule has 0 aromatic heterocycles. The summed E-state index contributed by atoms with van der Waals surface area (Å²) in [6.07, 6.45) is 1.45. The normalized spacial score (nSPS) is 14.8. The van der Waals surface area contributed by atoms with Gasteiger partial charge in [-0.1, -0.05) is 18.2 Å². The lowest BCUT2D eigenvalue weighted by Crippen LogP contribution is -2.45. The number of nitrogens with zero attached hydrogens (tertiary/aromatic N) is 1. The molecule has 0 aliphatic carbocycles. The van der Waals surface area contributed by atoms with Crippen LogP contribution < -0.4 is 30.8 Å². The lowest BCUT2D eigenvalue weighted by molar-refractivity contribution is -0.139. The standard InChI is InChI=1S/C26H29N5O7/c1-5-37-25(34)23-15(2)28-26(35)30-24(23)18-8-11-20(21(12-18)36-4)38-14-22(33)31-27-13-17-6-9-19(10-7-17)29-16(3)32/h6-13,24H,5,14H2,1-4H3,(H,29,32)(H,31,33)(H2,28,30,35)/b27-13-/t24-/m1/s1. The van der Waals surface area contributed by atoms with Crippen molar-refractivity contribution in [3.63, 3.8) is 0 Å². The molecule has 0 bridgehead atoms. The van der Waals surface area contributed by atoms with Crippen molar-refractivity contribution in [3.05, 3.63) is 64.9 Å². The first kappa shape index (κ1) is 27.7. The number of benzene rings is 2. The minimum Gasteiger partial charge on any atom is -0.493 e. The number of allylic oxidation sites excluding steroid dienone is 1. The van der Waals surface area contributed by atoms with E-state index >= 15 is 0 Å². The Labute approximate surface area is 219 Å². The predicted octanol–water partition coefficient (Wildman–Crippen LogP) is 2.37. The highest BCUT2D eigenvalue weighted by molar-refractivity contribution is 5.95. The molecule has 1 heterocycles. The molecule has 0 saturated heterocycles. The molecule has 12 heteroatoms. The SMILES string of the molecule is CCOC(=O)C1=C(C)NC(=O)N[C@@H]1c1ccc(OCC(=O)N/N=C\c2ccc(NC(C)=O)cc2)c(OC)c1. The molecule has 0 spiro atoms. The summed E-state index contributed by atoms with van der Waals surface area (Å²) in [6, 6.07) is 10.5. The van der Waals surface area contributed by atoms with Gasteiger partial charge in [0.15, 0.2) is 18.1 Å². The van der Waals surface area contributed by atoms with Crippen LogP contribution in [0.1, 0.15) is 37.9 Å². The molecular formula is C26H29N5O7. The van der Waals surface area contributed by atoms with Gasteiger partial charge in [-0.2, -0.15) is 5.10 Å². The van der Waals surface area contributed by atoms with Gasteiger partial charge < -0.3 is 30.2 Å². The van der Waals surface area contributed by atoms with Gasteiger partial charge in [0.2, 0.25) is 5.91 Å². The van der Waals surface area contributed by atoms with E-state index in [4.69, 9.17) is 14.2 Å². The molecule has 1 aliphatic rings. The lowest BCUT2D eigenvalue weighted by atomic mass is 9.95. The predicted molar refractivity (Wildman–Crippen MR) is 139 cm³/mol. The summed E-state index contributed by atoms with van der Waals surface area (Å²) in [4.78, 5) is 47.9. The molecule has 38 heavy (non-hydrogen) atoms. The maximum absolute atomic E-state index is 12.5. The molecule has 12 nitrogen and oxygen atoms in total. The summed E-state index contributed by atoms with van der Waals surface area (Å²) in [6.45, 7) is 4.58. The molecule has 0 saturated carbocycles. The number of hydrogen-bond donors (Lipinski definition) is 4. The molecule has 3 rings (SSSR count). The van der Waals surface area contributed by atoms with E-state index in [1.807, 2.05) is 0 Å².